The van der Waals surface area contributed by atoms with Crippen LogP contribution in [-0.2, 0) is 26.5 Å². The van der Waals surface area contributed by atoms with Gasteiger partial charge in [0.25, 0.3) is 0 Å². The van der Waals surface area contributed by atoms with E-state index in [1.54, 1.807) is 23.0 Å². The van der Waals surface area contributed by atoms with E-state index < -0.39 is 16.1 Å². The molecule has 1 saturated heterocycles. The fourth-order valence-corrected chi connectivity index (χ4v) is 5.04. The van der Waals surface area contributed by atoms with E-state index in [9.17, 15) is 8.42 Å². The molecule has 3 aromatic heterocycles. The third-order valence-corrected chi connectivity index (χ3v) is 6.64. The Kier molecular flexibility index (Phi) is 5.41. The lowest BCUT2D eigenvalue weighted by atomic mass is 10.1. The first-order valence-corrected chi connectivity index (χ1v) is 11.9. The van der Waals surface area contributed by atoms with Gasteiger partial charge in [0, 0.05) is 54.2 Å². The number of nitrogens with zero attached hydrogens (tertiary/aromatic N) is 4. The zero-order valence-electron chi connectivity index (χ0n) is 17.5. The van der Waals surface area contributed by atoms with Crippen LogP contribution in [0.5, 0.6) is 0 Å². The summed E-state index contributed by atoms with van der Waals surface area (Å²) >= 11 is 0. The van der Waals surface area contributed by atoms with Crippen LogP contribution in [0, 0.1) is 0 Å². The Morgan fingerprint density at radius 1 is 1.12 bits per heavy atom. The van der Waals surface area contributed by atoms with E-state index >= 15 is 0 Å². The minimum absolute atomic E-state index is 0.142. The summed E-state index contributed by atoms with van der Waals surface area (Å²) in [6.07, 6.45) is 9.03. The maximum atomic E-state index is 12.5. The molecule has 5 rings (SSSR count). The highest BCUT2D eigenvalue weighted by atomic mass is 32.2. The molecule has 0 radical (unpaired) electrons. The second-order valence-corrected chi connectivity index (χ2v) is 9.50. The number of ether oxygens (including phenoxy) is 2. The lowest BCUT2D eigenvalue weighted by Crippen LogP contribution is -2.36. The summed E-state index contributed by atoms with van der Waals surface area (Å²) in [5.41, 5.74) is 5.21. The van der Waals surface area contributed by atoms with E-state index in [-0.39, 0.29) is 12.4 Å². The van der Waals surface area contributed by atoms with E-state index in [1.165, 1.54) is 0 Å². The first-order chi connectivity index (χ1) is 15.5. The molecule has 0 amide bonds. The second-order valence-electron chi connectivity index (χ2n) is 7.73. The van der Waals surface area contributed by atoms with Crippen LogP contribution in [0.1, 0.15) is 0 Å². The van der Waals surface area contributed by atoms with E-state index in [4.69, 9.17) is 9.47 Å². The van der Waals surface area contributed by atoms with Crippen LogP contribution in [0.4, 0.5) is 5.69 Å². The van der Waals surface area contributed by atoms with Gasteiger partial charge in [-0.3, -0.25) is 14.4 Å². The molecule has 4 heterocycles. The van der Waals surface area contributed by atoms with Gasteiger partial charge in [-0.25, -0.2) is 8.42 Å². The van der Waals surface area contributed by atoms with Crippen molar-refractivity contribution in [3.05, 3.63) is 61.3 Å². The van der Waals surface area contributed by atoms with Crippen molar-refractivity contribution >= 4 is 21.2 Å². The minimum atomic E-state index is -3.55. The molecule has 0 bridgehead atoms. The highest BCUT2D eigenvalue weighted by Crippen LogP contribution is 2.29. The highest BCUT2D eigenvalue weighted by Gasteiger charge is 2.22. The quantitative estimate of drug-likeness (QED) is 0.482. The van der Waals surface area contributed by atoms with Crippen molar-refractivity contribution in [1.29, 1.82) is 0 Å². The molecule has 10 heteroatoms. The van der Waals surface area contributed by atoms with Crippen LogP contribution in [0.2, 0.25) is 0 Å². The van der Waals surface area contributed by atoms with Gasteiger partial charge in [-0.1, -0.05) is 12.1 Å². The zero-order valence-corrected chi connectivity index (χ0v) is 18.3. The first-order valence-electron chi connectivity index (χ1n) is 10.2. The third-order valence-electron chi connectivity index (χ3n) is 5.28. The highest BCUT2D eigenvalue weighted by molar-refractivity contribution is 7.92. The molecule has 1 aliphatic heterocycles. The van der Waals surface area contributed by atoms with Crippen LogP contribution in [0.15, 0.2) is 61.3 Å². The zero-order chi connectivity index (χ0) is 22.1. The van der Waals surface area contributed by atoms with Gasteiger partial charge in [-0.15, -0.1) is 0 Å². The molecule has 1 aliphatic rings. The topological polar surface area (TPSA) is 99.8 Å². The van der Waals surface area contributed by atoms with Crippen LogP contribution in [0.25, 0.3) is 27.9 Å². The van der Waals surface area contributed by atoms with Crippen molar-refractivity contribution in [2.45, 2.75) is 6.10 Å². The molecule has 0 aliphatic carbocycles. The summed E-state index contributed by atoms with van der Waals surface area (Å²) < 4.78 is 42.1. The van der Waals surface area contributed by atoms with Crippen LogP contribution >= 0.6 is 0 Å². The van der Waals surface area contributed by atoms with Gasteiger partial charge >= 0.3 is 0 Å². The molecule has 32 heavy (non-hydrogen) atoms. The number of benzene rings is 1. The number of anilines is 1. The molecule has 166 valence electrons. The minimum Gasteiger partial charge on any atom is -0.376 e. The predicted molar refractivity (Wildman–Crippen MR) is 121 cm³/mol. The second kappa shape index (κ2) is 8.38. The van der Waals surface area contributed by atoms with Gasteiger partial charge in [0.2, 0.25) is 10.0 Å². The molecule has 0 saturated carbocycles. The van der Waals surface area contributed by atoms with Gasteiger partial charge in [0.15, 0.2) is 0 Å². The van der Waals surface area contributed by atoms with Gasteiger partial charge in [0.05, 0.1) is 49.1 Å². The Morgan fingerprint density at radius 2 is 1.97 bits per heavy atom. The van der Waals surface area contributed by atoms with E-state index in [2.05, 4.69) is 20.9 Å². The number of hydrogen-bond acceptors (Lipinski definition) is 6. The molecule has 0 spiro atoms. The van der Waals surface area contributed by atoms with Crippen LogP contribution in [-0.4, -0.2) is 59.3 Å². The monoisotopic (exact) mass is 453 g/mol. The Bertz CT molecular complexity index is 1340. The fraction of sp³-hybridized carbons (Fsp3) is 0.273. The Morgan fingerprint density at radius 3 is 2.69 bits per heavy atom. The molecular formula is C22H23N5O4S. The van der Waals surface area contributed by atoms with E-state index in [0.29, 0.717) is 18.9 Å². The van der Waals surface area contributed by atoms with E-state index in [1.807, 2.05) is 48.4 Å². The molecular weight excluding hydrogens is 430 g/mol. The fourth-order valence-electron chi connectivity index (χ4n) is 3.78. The summed E-state index contributed by atoms with van der Waals surface area (Å²) in [5.74, 6) is -0.142. The van der Waals surface area contributed by atoms with Crippen molar-refractivity contribution in [3.8, 4) is 22.4 Å². The van der Waals surface area contributed by atoms with Crippen molar-refractivity contribution in [2.24, 2.45) is 7.05 Å². The molecule has 9 nitrogen and oxygen atoms in total. The molecule has 1 atom stereocenters. The Labute approximate surface area is 185 Å². The average molecular weight is 454 g/mol. The van der Waals surface area contributed by atoms with Crippen molar-refractivity contribution < 1.29 is 17.9 Å². The number of aryl methyl sites for hydroxylation is 1. The average Bonchev–Trinajstić information content (AvgIpc) is 3.40. The SMILES string of the molecule is Cn1cc(-c2cc3c(-c4ccc(NS(=O)(=O)CC5COCCO5)cc4)nccn3c2)cn1. The molecule has 1 N–H and O–H groups in total. The number of sulfonamides is 1. The lowest BCUT2D eigenvalue weighted by molar-refractivity contribution is -0.0781. The third kappa shape index (κ3) is 4.38. The maximum absolute atomic E-state index is 12.5. The largest absolute Gasteiger partial charge is 0.376 e. The van der Waals surface area contributed by atoms with Gasteiger partial charge in [0.1, 0.15) is 0 Å². The van der Waals surface area contributed by atoms with Gasteiger partial charge < -0.3 is 13.9 Å². The maximum Gasteiger partial charge on any atom is 0.235 e. The molecule has 1 fully saturated rings. The first kappa shape index (κ1) is 20.7. The summed E-state index contributed by atoms with van der Waals surface area (Å²) in [5, 5.41) is 4.24. The number of rotatable bonds is 6. The smallest absolute Gasteiger partial charge is 0.235 e. The number of fused-ring (bicyclic) bond motifs is 1. The van der Waals surface area contributed by atoms with Crippen molar-refractivity contribution in [1.82, 2.24) is 19.2 Å². The lowest BCUT2D eigenvalue weighted by Gasteiger charge is -2.22. The normalized spacial score (nSPS) is 17.0. The van der Waals surface area contributed by atoms with E-state index in [0.717, 1.165) is 27.9 Å². The predicted octanol–water partition coefficient (Wildman–Crippen LogP) is 2.56. The van der Waals surface area contributed by atoms with Crippen molar-refractivity contribution in [2.75, 3.05) is 30.3 Å². The number of nitrogens with one attached hydrogen (secondary N) is 1. The Balaban J connectivity index is 1.37. The Hall–Kier alpha value is -3.21. The summed E-state index contributed by atoms with van der Waals surface area (Å²) in [4.78, 5) is 4.56. The van der Waals surface area contributed by atoms with Gasteiger partial charge in [-0.2, -0.15) is 5.10 Å². The summed E-state index contributed by atoms with van der Waals surface area (Å²) in [6, 6.07) is 9.26. The van der Waals surface area contributed by atoms with Crippen LogP contribution < -0.4 is 4.72 Å². The number of aromatic nitrogens is 4. The van der Waals surface area contributed by atoms with Crippen molar-refractivity contribution in [3.63, 3.8) is 0 Å². The van der Waals surface area contributed by atoms with Crippen LogP contribution in [0.3, 0.4) is 0 Å². The summed E-state index contributed by atoms with van der Waals surface area (Å²) in [6.45, 7) is 1.20. The van der Waals surface area contributed by atoms with Gasteiger partial charge in [-0.05, 0) is 18.2 Å². The number of hydrogen-bond donors (Lipinski definition) is 1. The molecule has 4 aromatic rings. The molecule has 1 aromatic carbocycles. The molecule has 1 unspecified atom stereocenters. The summed E-state index contributed by atoms with van der Waals surface area (Å²) in [7, 11) is -1.67. The standard InChI is InChI=1S/C22H23N5O4S/c1-26-12-18(11-24-26)17-10-21-22(23-6-7-27(21)13-17)16-2-4-19(5-3-16)25-32(28,29)15-20-14-30-8-9-31-20/h2-7,10-13,20,25H,8-9,14-15H2,1H3.